The highest BCUT2D eigenvalue weighted by atomic mass is 16.1. The molecule has 0 heterocycles. The summed E-state index contributed by atoms with van der Waals surface area (Å²) in [5, 5.41) is 0. The molecule has 0 aromatic heterocycles. The molecular formula is C81H162O. The maximum absolute atomic E-state index is 14.9. The number of carbonyl (C=O) groups is 1. The van der Waals surface area contributed by atoms with Crippen molar-refractivity contribution in [2.75, 3.05) is 0 Å². The minimum absolute atomic E-state index is 0.337. The van der Waals surface area contributed by atoms with Crippen molar-refractivity contribution in [2.45, 2.75) is 503 Å². The fourth-order valence-electron chi connectivity index (χ4n) is 14.0. The molecule has 0 radical (unpaired) electrons. The molecule has 82 heavy (non-hydrogen) atoms. The molecule has 2 atom stereocenters. The molecule has 0 aromatic carbocycles. The molecular weight excluding hydrogens is 989 g/mol. The lowest BCUT2D eigenvalue weighted by atomic mass is 9.80. The lowest BCUT2D eigenvalue weighted by Gasteiger charge is -2.23. The van der Waals surface area contributed by atoms with E-state index in [0.29, 0.717) is 11.8 Å². The summed E-state index contributed by atoms with van der Waals surface area (Å²) < 4.78 is 0. The van der Waals surface area contributed by atoms with Gasteiger partial charge in [0.15, 0.2) is 0 Å². The van der Waals surface area contributed by atoms with Gasteiger partial charge in [-0.2, -0.15) is 0 Å². The summed E-state index contributed by atoms with van der Waals surface area (Å²) in [4.78, 5) is 14.9. The first-order valence-corrected chi connectivity index (χ1v) is 40.2. The topological polar surface area (TPSA) is 17.1 Å². The number of unbranched alkanes of at least 4 members (excludes halogenated alkanes) is 66. The highest BCUT2D eigenvalue weighted by molar-refractivity contribution is 5.83. The predicted molar refractivity (Wildman–Crippen MR) is 376 cm³/mol. The van der Waals surface area contributed by atoms with E-state index in [9.17, 15) is 4.79 Å². The first kappa shape index (κ1) is 81.7. The van der Waals surface area contributed by atoms with Crippen LogP contribution in [0, 0.1) is 11.8 Å². The van der Waals surface area contributed by atoms with E-state index in [1.807, 2.05) is 0 Å². The summed E-state index contributed by atoms with van der Waals surface area (Å²) in [5.74, 6) is 1.40. The van der Waals surface area contributed by atoms with Gasteiger partial charge in [-0.3, -0.25) is 4.79 Å². The van der Waals surface area contributed by atoms with Crippen molar-refractivity contribution in [3.63, 3.8) is 0 Å². The summed E-state index contributed by atoms with van der Waals surface area (Å²) in [7, 11) is 0. The molecule has 0 spiro atoms. The van der Waals surface area contributed by atoms with Crippen LogP contribution in [0.25, 0.3) is 0 Å². The van der Waals surface area contributed by atoms with Gasteiger partial charge in [0, 0.05) is 11.8 Å². The van der Waals surface area contributed by atoms with Crippen LogP contribution in [0.3, 0.4) is 0 Å². The molecule has 0 aliphatic carbocycles. The lowest BCUT2D eigenvalue weighted by molar-refractivity contribution is -0.128. The Morgan fingerprint density at radius 1 is 0.146 bits per heavy atom. The van der Waals surface area contributed by atoms with Crippen LogP contribution in [0.1, 0.15) is 503 Å². The second-order valence-corrected chi connectivity index (χ2v) is 28.3. The summed E-state index contributed by atoms with van der Waals surface area (Å²) in [6.07, 6.45) is 105. The average Bonchev–Trinajstić information content (AvgIpc) is 3.49. The Bertz CT molecular complexity index is 1030. The van der Waals surface area contributed by atoms with E-state index in [4.69, 9.17) is 0 Å². The Hall–Kier alpha value is -0.330. The van der Waals surface area contributed by atoms with Crippen LogP contribution in [-0.2, 0) is 4.79 Å². The van der Waals surface area contributed by atoms with E-state index in [0.717, 1.165) is 5.78 Å². The van der Waals surface area contributed by atoms with Crippen molar-refractivity contribution in [1.29, 1.82) is 0 Å². The van der Waals surface area contributed by atoms with Crippen LogP contribution in [0.15, 0.2) is 0 Å². The van der Waals surface area contributed by atoms with Crippen molar-refractivity contribution in [3.05, 3.63) is 0 Å². The van der Waals surface area contributed by atoms with Gasteiger partial charge in [0.1, 0.15) is 5.78 Å². The molecule has 0 rings (SSSR count). The van der Waals surface area contributed by atoms with E-state index in [-0.39, 0.29) is 0 Å². The van der Waals surface area contributed by atoms with Crippen molar-refractivity contribution >= 4 is 5.78 Å². The van der Waals surface area contributed by atoms with Gasteiger partial charge in [0.05, 0.1) is 0 Å². The molecule has 0 aliphatic heterocycles. The number of rotatable bonds is 76. The van der Waals surface area contributed by atoms with Crippen LogP contribution in [0.4, 0.5) is 0 Å². The number of carbonyl (C=O) groups excluding carboxylic acids is 1. The third-order valence-electron chi connectivity index (χ3n) is 19.9. The zero-order chi connectivity index (χ0) is 59.1. The van der Waals surface area contributed by atoms with E-state index >= 15 is 0 Å². The van der Waals surface area contributed by atoms with Crippen molar-refractivity contribution < 1.29 is 4.79 Å². The van der Waals surface area contributed by atoms with Gasteiger partial charge >= 0.3 is 0 Å². The predicted octanol–water partition coefficient (Wildman–Crippen LogP) is 30.7. The van der Waals surface area contributed by atoms with Crippen LogP contribution in [-0.4, -0.2) is 5.78 Å². The maximum Gasteiger partial charge on any atom is 0.139 e. The molecule has 0 saturated carbocycles. The Balaban J connectivity index is 4.99. The SMILES string of the molecule is CCCCCCCCCCCCCCCCCCCCCC(CCCCCCCCCCCCCCCCCC)C(=O)C(CCCCCCCCCCCCCCCCCC)CCCCCCCCCCCCCCCCCCCCC. The summed E-state index contributed by atoms with van der Waals surface area (Å²) in [6.45, 7) is 9.29. The smallest absolute Gasteiger partial charge is 0.139 e. The highest BCUT2D eigenvalue weighted by Crippen LogP contribution is 2.30. The van der Waals surface area contributed by atoms with Crippen LogP contribution < -0.4 is 0 Å². The minimum atomic E-state index is 0.337. The number of hydrogen-bond acceptors (Lipinski definition) is 1. The molecule has 1 heteroatoms. The molecule has 0 saturated heterocycles. The summed E-state index contributed by atoms with van der Waals surface area (Å²) >= 11 is 0. The van der Waals surface area contributed by atoms with Gasteiger partial charge in [-0.25, -0.2) is 0 Å². The normalized spacial score (nSPS) is 12.5. The number of hydrogen-bond donors (Lipinski definition) is 0. The monoisotopic (exact) mass is 1150 g/mol. The average molecular weight is 1150 g/mol. The largest absolute Gasteiger partial charge is 0.299 e. The summed E-state index contributed by atoms with van der Waals surface area (Å²) in [5.41, 5.74) is 0. The third-order valence-corrected chi connectivity index (χ3v) is 19.9. The molecule has 0 amide bonds. The minimum Gasteiger partial charge on any atom is -0.299 e. The molecule has 492 valence electrons. The number of Topliss-reactive ketones (excluding diaryl/α,β-unsaturated/α-hetero) is 1. The molecule has 0 N–H and O–H groups in total. The van der Waals surface area contributed by atoms with Gasteiger partial charge in [-0.15, -0.1) is 0 Å². The van der Waals surface area contributed by atoms with Gasteiger partial charge in [-0.05, 0) is 25.7 Å². The Labute approximate surface area is 522 Å². The molecule has 0 aliphatic rings. The van der Waals surface area contributed by atoms with Gasteiger partial charge < -0.3 is 0 Å². The van der Waals surface area contributed by atoms with E-state index < -0.39 is 0 Å². The Morgan fingerprint density at radius 2 is 0.232 bits per heavy atom. The third kappa shape index (κ3) is 67.2. The summed E-state index contributed by atoms with van der Waals surface area (Å²) in [6, 6.07) is 0. The molecule has 1 nitrogen and oxygen atoms in total. The first-order valence-electron chi connectivity index (χ1n) is 40.2. The van der Waals surface area contributed by atoms with Gasteiger partial charge in [-0.1, -0.05) is 477 Å². The second-order valence-electron chi connectivity index (χ2n) is 28.3. The molecule has 0 fully saturated rings. The highest BCUT2D eigenvalue weighted by Gasteiger charge is 2.26. The van der Waals surface area contributed by atoms with Crippen LogP contribution >= 0.6 is 0 Å². The van der Waals surface area contributed by atoms with Crippen molar-refractivity contribution in [2.24, 2.45) is 11.8 Å². The standard InChI is InChI=1S/C81H162O/c1-5-9-13-17-21-25-29-33-37-41-43-45-49-53-57-61-65-69-73-77-79(75-71-67-63-59-55-51-47-39-35-31-27-23-19-15-11-7-3)81(82)80(76-72-68-64-60-56-52-48-40-36-32-28-24-20-16-12-8-4)78-74-70-66-62-58-54-50-46-44-42-38-34-30-26-22-18-14-10-6-2/h79-80H,5-78H2,1-4H3. The van der Waals surface area contributed by atoms with E-state index in [1.54, 1.807) is 0 Å². The fourth-order valence-corrected chi connectivity index (χ4v) is 14.0. The maximum atomic E-state index is 14.9. The molecule has 0 bridgehead atoms. The van der Waals surface area contributed by atoms with Crippen LogP contribution in [0.5, 0.6) is 0 Å². The quantitative estimate of drug-likeness (QED) is 0.0555. The van der Waals surface area contributed by atoms with E-state index in [1.165, 1.54) is 475 Å². The fraction of sp³-hybridized carbons (Fsp3) is 0.988. The second kappa shape index (κ2) is 74.9. The van der Waals surface area contributed by atoms with Crippen molar-refractivity contribution in [3.8, 4) is 0 Å². The Kier molecular flexibility index (Phi) is 74.6. The lowest BCUT2D eigenvalue weighted by Crippen LogP contribution is -2.24. The van der Waals surface area contributed by atoms with Gasteiger partial charge in [0.2, 0.25) is 0 Å². The zero-order valence-corrected chi connectivity index (χ0v) is 58.4. The molecule has 0 aromatic rings. The van der Waals surface area contributed by atoms with E-state index in [2.05, 4.69) is 27.7 Å². The molecule has 2 unspecified atom stereocenters. The number of ketones is 1. The Morgan fingerprint density at radius 3 is 0.329 bits per heavy atom. The first-order chi connectivity index (χ1) is 40.7. The van der Waals surface area contributed by atoms with Crippen molar-refractivity contribution in [1.82, 2.24) is 0 Å². The zero-order valence-electron chi connectivity index (χ0n) is 58.4. The van der Waals surface area contributed by atoms with Gasteiger partial charge in [0.25, 0.3) is 0 Å². The van der Waals surface area contributed by atoms with Crippen LogP contribution in [0.2, 0.25) is 0 Å².